The molecule has 2 amide bonds. The number of aromatic nitrogens is 3. The highest BCUT2D eigenvalue weighted by molar-refractivity contribution is 7.99. The molecule has 0 aromatic carbocycles. The zero-order chi connectivity index (χ0) is 16.7. The van der Waals surface area contributed by atoms with E-state index in [0.717, 1.165) is 23.8 Å². The van der Waals surface area contributed by atoms with E-state index in [9.17, 15) is 9.59 Å². The number of rotatable bonds is 6. The fourth-order valence-corrected chi connectivity index (χ4v) is 4.32. The Bertz CT molecular complexity index is 653. The van der Waals surface area contributed by atoms with E-state index in [4.69, 9.17) is 5.73 Å². The predicted molar refractivity (Wildman–Crippen MR) is 89.5 cm³/mol. The summed E-state index contributed by atoms with van der Waals surface area (Å²) in [5.74, 6) is 1.52. The summed E-state index contributed by atoms with van der Waals surface area (Å²) in [4.78, 5) is 25.8. The van der Waals surface area contributed by atoms with Crippen LogP contribution in [0.1, 0.15) is 62.7 Å². The lowest BCUT2D eigenvalue weighted by Gasteiger charge is -2.33. The molecule has 1 aromatic rings. The van der Waals surface area contributed by atoms with Crippen LogP contribution in [0.15, 0.2) is 5.16 Å². The van der Waals surface area contributed by atoms with E-state index in [-0.39, 0.29) is 5.91 Å². The summed E-state index contributed by atoms with van der Waals surface area (Å²) < 4.78 is 2.25. The average molecular weight is 349 g/mol. The van der Waals surface area contributed by atoms with E-state index in [1.807, 2.05) is 0 Å². The Morgan fingerprint density at radius 3 is 2.58 bits per heavy atom. The number of hydrogen-bond donors (Lipinski definition) is 1. The molecule has 1 aliphatic heterocycles. The van der Waals surface area contributed by atoms with Crippen LogP contribution >= 0.6 is 11.8 Å². The molecule has 3 aliphatic rings. The van der Waals surface area contributed by atoms with E-state index in [1.165, 1.54) is 37.4 Å². The van der Waals surface area contributed by atoms with Crippen molar-refractivity contribution >= 4 is 23.6 Å². The lowest BCUT2D eigenvalue weighted by molar-refractivity contribution is -0.138. The van der Waals surface area contributed by atoms with Gasteiger partial charge < -0.3 is 15.2 Å². The van der Waals surface area contributed by atoms with Gasteiger partial charge in [0.15, 0.2) is 5.16 Å². The Labute approximate surface area is 145 Å². The molecule has 24 heavy (non-hydrogen) atoms. The summed E-state index contributed by atoms with van der Waals surface area (Å²) in [7, 11) is 0. The molecular formula is C16H23N5O2S. The second-order valence-electron chi connectivity index (χ2n) is 7.01. The molecule has 2 saturated carbocycles. The van der Waals surface area contributed by atoms with Gasteiger partial charge in [0.25, 0.3) is 0 Å². The number of carbonyl (C=O) groups is 2. The number of carbonyl (C=O) groups excluding carboxylic acids is 2. The summed E-state index contributed by atoms with van der Waals surface area (Å²) >= 11 is 1.44. The molecule has 2 aliphatic carbocycles. The number of nitrogens with zero attached hydrogens (tertiary/aromatic N) is 4. The smallest absolute Gasteiger partial charge is 0.240 e. The Kier molecular flexibility index (Phi) is 4.24. The van der Waals surface area contributed by atoms with Gasteiger partial charge in [-0.05, 0) is 44.9 Å². The number of thioether (sulfide) groups is 1. The molecule has 1 saturated heterocycles. The predicted octanol–water partition coefficient (Wildman–Crippen LogP) is 1.45. The van der Waals surface area contributed by atoms with Gasteiger partial charge in [-0.15, -0.1) is 10.2 Å². The molecule has 4 rings (SSSR count). The topological polar surface area (TPSA) is 94.1 Å². The van der Waals surface area contributed by atoms with Gasteiger partial charge in [-0.3, -0.25) is 9.59 Å². The highest BCUT2D eigenvalue weighted by atomic mass is 32.2. The number of amides is 2. The third kappa shape index (κ3) is 3.16. The van der Waals surface area contributed by atoms with Crippen molar-refractivity contribution in [3.8, 4) is 0 Å². The summed E-state index contributed by atoms with van der Waals surface area (Å²) in [5, 5.41) is 9.54. The van der Waals surface area contributed by atoms with Crippen LogP contribution in [-0.2, 0) is 9.59 Å². The van der Waals surface area contributed by atoms with Crippen LogP contribution in [0, 0.1) is 0 Å². The highest BCUT2D eigenvalue weighted by Gasteiger charge is 2.37. The minimum atomic E-state index is -0.449. The van der Waals surface area contributed by atoms with Crippen molar-refractivity contribution in [1.29, 1.82) is 0 Å². The van der Waals surface area contributed by atoms with Crippen LogP contribution in [0.2, 0.25) is 0 Å². The maximum absolute atomic E-state index is 12.6. The van der Waals surface area contributed by atoms with Gasteiger partial charge >= 0.3 is 0 Å². The normalized spacial score (nSPS) is 24.2. The summed E-state index contributed by atoms with van der Waals surface area (Å²) in [5.41, 5.74) is 5.45. The zero-order valence-corrected chi connectivity index (χ0v) is 14.5. The first-order chi connectivity index (χ1) is 11.6. The van der Waals surface area contributed by atoms with Crippen molar-refractivity contribution in [2.75, 3.05) is 12.3 Å². The second-order valence-corrected chi connectivity index (χ2v) is 7.95. The van der Waals surface area contributed by atoms with Crippen molar-refractivity contribution in [3.05, 3.63) is 5.82 Å². The maximum atomic E-state index is 12.6. The van der Waals surface area contributed by atoms with Crippen molar-refractivity contribution in [2.45, 2.75) is 68.1 Å². The first-order valence-corrected chi connectivity index (χ1v) is 9.80. The fourth-order valence-electron chi connectivity index (χ4n) is 3.42. The lowest BCUT2D eigenvalue weighted by atomic mass is 10.0. The Morgan fingerprint density at radius 1 is 1.12 bits per heavy atom. The average Bonchev–Trinajstić information content (AvgIpc) is 3.51. The van der Waals surface area contributed by atoms with Crippen LogP contribution < -0.4 is 5.73 Å². The molecule has 7 nitrogen and oxygen atoms in total. The molecule has 1 unspecified atom stereocenters. The van der Waals surface area contributed by atoms with Gasteiger partial charge in [-0.2, -0.15) is 0 Å². The van der Waals surface area contributed by atoms with Crippen LogP contribution in [0.4, 0.5) is 0 Å². The number of primary amides is 1. The minimum absolute atomic E-state index is 0.0261. The third-order valence-corrected chi connectivity index (χ3v) is 5.95. The van der Waals surface area contributed by atoms with Crippen LogP contribution in [0.5, 0.6) is 0 Å². The van der Waals surface area contributed by atoms with E-state index >= 15 is 0 Å². The monoisotopic (exact) mass is 349 g/mol. The van der Waals surface area contributed by atoms with Crippen LogP contribution in [0.25, 0.3) is 0 Å². The van der Waals surface area contributed by atoms with Gasteiger partial charge in [0.2, 0.25) is 11.8 Å². The molecule has 3 fully saturated rings. The van der Waals surface area contributed by atoms with Gasteiger partial charge in [0, 0.05) is 18.5 Å². The number of likely N-dealkylation sites (tertiary alicyclic amines) is 1. The lowest BCUT2D eigenvalue weighted by Crippen LogP contribution is -2.51. The third-order valence-electron chi connectivity index (χ3n) is 5.02. The first kappa shape index (κ1) is 15.9. The molecule has 0 radical (unpaired) electrons. The highest BCUT2D eigenvalue weighted by Crippen LogP contribution is 2.46. The summed E-state index contributed by atoms with van der Waals surface area (Å²) in [6, 6.07) is 0.0664. The van der Waals surface area contributed by atoms with Gasteiger partial charge in [-0.25, -0.2) is 0 Å². The molecule has 2 heterocycles. The standard InChI is InChI=1S/C16H23N5O2S/c17-14(23)12-3-1-2-8-20(12)13(22)9-24-16-19-18-15(10-4-5-10)21(16)11-6-7-11/h10-12H,1-9H2,(H2,17,23). The molecular weight excluding hydrogens is 326 g/mol. The largest absolute Gasteiger partial charge is 0.368 e. The van der Waals surface area contributed by atoms with E-state index < -0.39 is 11.9 Å². The van der Waals surface area contributed by atoms with Crippen molar-refractivity contribution < 1.29 is 9.59 Å². The molecule has 1 aromatic heterocycles. The summed E-state index contributed by atoms with van der Waals surface area (Å²) in [6.45, 7) is 0.621. The Hall–Kier alpha value is -1.57. The molecule has 130 valence electrons. The van der Waals surface area contributed by atoms with E-state index in [0.29, 0.717) is 30.7 Å². The Morgan fingerprint density at radius 2 is 1.92 bits per heavy atom. The maximum Gasteiger partial charge on any atom is 0.240 e. The van der Waals surface area contributed by atoms with Gasteiger partial charge in [-0.1, -0.05) is 11.8 Å². The number of nitrogens with two attached hydrogens (primary N) is 1. The Balaban J connectivity index is 1.43. The summed E-state index contributed by atoms with van der Waals surface area (Å²) in [6.07, 6.45) is 7.31. The van der Waals surface area contributed by atoms with Crippen molar-refractivity contribution in [3.63, 3.8) is 0 Å². The first-order valence-electron chi connectivity index (χ1n) is 8.81. The quantitative estimate of drug-likeness (QED) is 0.785. The molecule has 0 spiro atoms. The fraction of sp³-hybridized carbons (Fsp3) is 0.750. The van der Waals surface area contributed by atoms with Crippen LogP contribution in [0.3, 0.4) is 0 Å². The molecule has 0 bridgehead atoms. The molecule has 8 heteroatoms. The van der Waals surface area contributed by atoms with E-state index in [2.05, 4.69) is 14.8 Å². The second kappa shape index (κ2) is 6.38. The van der Waals surface area contributed by atoms with Gasteiger partial charge in [0.05, 0.1) is 5.75 Å². The molecule has 1 atom stereocenters. The SMILES string of the molecule is NC(=O)C1CCCCN1C(=O)CSc1nnc(C2CC2)n1C1CC1. The number of hydrogen-bond acceptors (Lipinski definition) is 5. The van der Waals surface area contributed by atoms with Crippen molar-refractivity contribution in [2.24, 2.45) is 5.73 Å². The molecule has 2 N–H and O–H groups in total. The van der Waals surface area contributed by atoms with Crippen LogP contribution in [-0.4, -0.2) is 49.8 Å². The van der Waals surface area contributed by atoms with E-state index in [1.54, 1.807) is 4.90 Å². The van der Waals surface area contributed by atoms with Gasteiger partial charge in [0.1, 0.15) is 11.9 Å². The minimum Gasteiger partial charge on any atom is -0.368 e. The van der Waals surface area contributed by atoms with Crippen molar-refractivity contribution in [1.82, 2.24) is 19.7 Å². The zero-order valence-electron chi connectivity index (χ0n) is 13.7. The number of piperidine rings is 1.